The molecule has 2 rings (SSSR count). The number of amides is 1. The van der Waals surface area contributed by atoms with E-state index in [0.29, 0.717) is 12.3 Å². The molecule has 0 aliphatic carbocycles. The molecular weight excluding hydrogens is 242 g/mol. The highest BCUT2D eigenvalue weighted by Gasteiger charge is 2.15. The fourth-order valence-electron chi connectivity index (χ4n) is 2.34. The van der Waals surface area contributed by atoms with Crippen LogP contribution in [-0.2, 0) is 4.79 Å². The van der Waals surface area contributed by atoms with Crippen molar-refractivity contribution >= 4 is 11.7 Å². The molecule has 0 spiro atoms. The molecule has 0 atom stereocenters. The highest BCUT2D eigenvalue weighted by molar-refractivity contribution is 5.91. The topological polar surface area (TPSA) is 74.2 Å². The maximum Gasteiger partial charge on any atom is 0.225 e. The van der Waals surface area contributed by atoms with E-state index in [-0.39, 0.29) is 17.5 Å². The number of nitrogens with one attached hydrogen (secondary N) is 2. The summed E-state index contributed by atoms with van der Waals surface area (Å²) in [5.74, 6) is 0.828. The fourth-order valence-corrected chi connectivity index (χ4v) is 2.34. The Bertz CT molecular complexity index is 442. The zero-order valence-electron chi connectivity index (χ0n) is 11.3. The number of anilines is 1. The second-order valence-corrected chi connectivity index (χ2v) is 5.10. The molecule has 1 fully saturated rings. The Morgan fingerprint density at radius 2 is 2.21 bits per heavy atom. The van der Waals surface area contributed by atoms with E-state index in [0.717, 1.165) is 38.0 Å². The summed E-state index contributed by atoms with van der Waals surface area (Å²) in [5, 5.41) is 15.6. The third kappa shape index (κ3) is 4.21. The quantitative estimate of drug-likeness (QED) is 0.774. The van der Waals surface area contributed by atoms with E-state index in [1.165, 1.54) is 0 Å². The fraction of sp³-hybridized carbons (Fsp3) is 0.571. The molecule has 1 aromatic rings. The van der Waals surface area contributed by atoms with Gasteiger partial charge < -0.3 is 15.7 Å². The molecule has 104 valence electrons. The van der Waals surface area contributed by atoms with Crippen molar-refractivity contribution in [3.8, 4) is 5.75 Å². The summed E-state index contributed by atoms with van der Waals surface area (Å²) < 4.78 is 0. The van der Waals surface area contributed by atoms with Crippen molar-refractivity contribution in [3.05, 3.63) is 17.8 Å². The number of piperidine rings is 1. The molecule has 5 heteroatoms. The maximum absolute atomic E-state index is 11.8. The molecule has 2 heterocycles. The summed E-state index contributed by atoms with van der Waals surface area (Å²) >= 11 is 0. The third-order valence-electron chi connectivity index (χ3n) is 3.51. The largest absolute Gasteiger partial charge is 0.504 e. The molecule has 1 aromatic heterocycles. The Labute approximate surface area is 113 Å². The normalized spacial score (nSPS) is 16.3. The van der Waals surface area contributed by atoms with Gasteiger partial charge >= 0.3 is 0 Å². The van der Waals surface area contributed by atoms with Gasteiger partial charge in [-0.3, -0.25) is 4.79 Å². The van der Waals surface area contributed by atoms with Crippen LogP contribution < -0.4 is 10.6 Å². The lowest BCUT2D eigenvalue weighted by molar-refractivity contribution is -0.116. The Kier molecular flexibility index (Phi) is 4.74. The Hall–Kier alpha value is -1.62. The van der Waals surface area contributed by atoms with Crippen LogP contribution in [0, 0.1) is 12.8 Å². The van der Waals surface area contributed by atoms with Crippen LogP contribution in [0.25, 0.3) is 0 Å². The van der Waals surface area contributed by atoms with E-state index in [4.69, 9.17) is 0 Å². The van der Waals surface area contributed by atoms with Crippen LogP contribution in [0.15, 0.2) is 12.1 Å². The average Bonchev–Trinajstić information content (AvgIpc) is 2.42. The van der Waals surface area contributed by atoms with Crippen molar-refractivity contribution < 1.29 is 9.90 Å². The lowest BCUT2D eigenvalue weighted by atomic mass is 9.93. The van der Waals surface area contributed by atoms with Crippen molar-refractivity contribution in [1.29, 1.82) is 0 Å². The molecule has 1 saturated heterocycles. The number of carbonyl (C=O) groups excluding carboxylic acids is 1. The molecule has 1 aliphatic rings. The predicted molar refractivity (Wildman–Crippen MR) is 74.1 cm³/mol. The zero-order chi connectivity index (χ0) is 13.7. The molecule has 19 heavy (non-hydrogen) atoms. The standard InChI is InChI=1S/C14H21N3O2/c1-10-2-4-12(18)14(16-10)17-13(19)5-3-11-6-8-15-9-7-11/h2,4,11,15,18H,3,5-9H2,1H3,(H,16,17,19). The van der Waals surface area contributed by atoms with E-state index in [2.05, 4.69) is 15.6 Å². The maximum atomic E-state index is 11.8. The van der Waals surface area contributed by atoms with Crippen molar-refractivity contribution in [3.63, 3.8) is 0 Å². The van der Waals surface area contributed by atoms with E-state index in [9.17, 15) is 9.90 Å². The molecule has 5 nitrogen and oxygen atoms in total. The SMILES string of the molecule is Cc1ccc(O)c(NC(=O)CCC2CCNCC2)n1. The van der Waals surface area contributed by atoms with Gasteiger partial charge in [-0.05, 0) is 57.3 Å². The van der Waals surface area contributed by atoms with Gasteiger partial charge in [0.1, 0.15) is 0 Å². The minimum atomic E-state index is -0.0769. The number of carbonyl (C=O) groups is 1. The Morgan fingerprint density at radius 3 is 2.95 bits per heavy atom. The average molecular weight is 263 g/mol. The first kappa shape index (κ1) is 13.8. The summed E-state index contributed by atoms with van der Waals surface area (Å²) in [6.07, 6.45) is 3.67. The van der Waals surface area contributed by atoms with Crippen molar-refractivity contribution in [2.75, 3.05) is 18.4 Å². The molecule has 1 aliphatic heterocycles. The third-order valence-corrected chi connectivity index (χ3v) is 3.51. The molecule has 0 saturated carbocycles. The highest BCUT2D eigenvalue weighted by Crippen LogP contribution is 2.22. The molecule has 0 radical (unpaired) electrons. The zero-order valence-corrected chi connectivity index (χ0v) is 11.3. The Morgan fingerprint density at radius 1 is 1.47 bits per heavy atom. The molecular formula is C14H21N3O2. The number of aromatic nitrogens is 1. The number of nitrogens with zero attached hydrogens (tertiary/aromatic N) is 1. The number of hydrogen-bond acceptors (Lipinski definition) is 4. The monoisotopic (exact) mass is 263 g/mol. The second-order valence-electron chi connectivity index (χ2n) is 5.10. The van der Waals surface area contributed by atoms with Crippen molar-refractivity contribution in [2.24, 2.45) is 5.92 Å². The van der Waals surface area contributed by atoms with E-state index in [1.807, 2.05) is 6.92 Å². The van der Waals surface area contributed by atoms with Gasteiger partial charge in [0.15, 0.2) is 11.6 Å². The number of rotatable bonds is 4. The number of hydrogen-bond donors (Lipinski definition) is 3. The summed E-state index contributed by atoms with van der Waals surface area (Å²) in [5.41, 5.74) is 0.770. The lowest BCUT2D eigenvalue weighted by Crippen LogP contribution is -2.28. The molecule has 0 bridgehead atoms. The molecule has 1 amide bonds. The van der Waals surface area contributed by atoms with Gasteiger partial charge in [0.25, 0.3) is 0 Å². The van der Waals surface area contributed by atoms with Gasteiger partial charge in [-0.2, -0.15) is 0 Å². The smallest absolute Gasteiger partial charge is 0.225 e. The minimum Gasteiger partial charge on any atom is -0.504 e. The van der Waals surface area contributed by atoms with Gasteiger partial charge in [-0.25, -0.2) is 4.98 Å². The van der Waals surface area contributed by atoms with Crippen LogP contribution in [0.4, 0.5) is 5.82 Å². The van der Waals surface area contributed by atoms with E-state index in [1.54, 1.807) is 12.1 Å². The van der Waals surface area contributed by atoms with Gasteiger partial charge in [-0.15, -0.1) is 0 Å². The van der Waals surface area contributed by atoms with Gasteiger partial charge in [0.05, 0.1) is 0 Å². The van der Waals surface area contributed by atoms with E-state index < -0.39 is 0 Å². The number of aromatic hydroxyl groups is 1. The van der Waals surface area contributed by atoms with Crippen LogP contribution in [0.1, 0.15) is 31.4 Å². The number of aryl methyl sites for hydroxylation is 1. The first-order valence-electron chi connectivity index (χ1n) is 6.82. The first-order valence-corrected chi connectivity index (χ1v) is 6.82. The van der Waals surface area contributed by atoms with Gasteiger partial charge in [0.2, 0.25) is 5.91 Å². The summed E-state index contributed by atoms with van der Waals surface area (Å²) in [6, 6.07) is 3.25. The molecule has 3 N–H and O–H groups in total. The van der Waals surface area contributed by atoms with Crippen LogP contribution in [0.5, 0.6) is 5.75 Å². The lowest BCUT2D eigenvalue weighted by Gasteiger charge is -2.22. The van der Waals surface area contributed by atoms with Crippen molar-refractivity contribution in [1.82, 2.24) is 10.3 Å². The van der Waals surface area contributed by atoms with Crippen LogP contribution in [-0.4, -0.2) is 29.1 Å². The van der Waals surface area contributed by atoms with Crippen LogP contribution >= 0.6 is 0 Å². The Balaban J connectivity index is 1.81. The van der Waals surface area contributed by atoms with Crippen LogP contribution in [0.2, 0.25) is 0 Å². The summed E-state index contributed by atoms with van der Waals surface area (Å²) in [7, 11) is 0. The second kappa shape index (κ2) is 6.52. The van der Waals surface area contributed by atoms with Crippen LogP contribution in [0.3, 0.4) is 0 Å². The van der Waals surface area contributed by atoms with Gasteiger partial charge in [-0.1, -0.05) is 0 Å². The minimum absolute atomic E-state index is 0.0146. The predicted octanol–water partition coefficient (Wildman–Crippen LogP) is 1.81. The van der Waals surface area contributed by atoms with E-state index >= 15 is 0 Å². The molecule has 0 unspecified atom stereocenters. The van der Waals surface area contributed by atoms with Crippen molar-refractivity contribution in [2.45, 2.75) is 32.6 Å². The van der Waals surface area contributed by atoms with Gasteiger partial charge in [0, 0.05) is 12.1 Å². The first-order chi connectivity index (χ1) is 9.15. The highest BCUT2D eigenvalue weighted by atomic mass is 16.3. The summed E-state index contributed by atoms with van der Waals surface area (Å²) in [6.45, 7) is 3.92. The molecule has 0 aromatic carbocycles. The summed E-state index contributed by atoms with van der Waals surface area (Å²) in [4.78, 5) is 16.0. The number of pyridine rings is 1.